The zero-order valence-electron chi connectivity index (χ0n) is 12.1. The Bertz CT molecular complexity index is 567. The van der Waals surface area contributed by atoms with Crippen LogP contribution in [0.2, 0.25) is 0 Å². The van der Waals surface area contributed by atoms with Crippen LogP contribution >= 0.6 is 12.4 Å². The standard InChI is InChI=1S/C18H21N.ClH/c1-13-7-8-14(2)17(9-13)12-19-18-10-15-5-3-4-6-16(15)11-18;/h3-9,18-19H,10-12H2,1-2H3;1H. The van der Waals surface area contributed by atoms with E-state index in [4.69, 9.17) is 0 Å². The highest BCUT2D eigenvalue weighted by molar-refractivity contribution is 5.85. The first-order valence-electron chi connectivity index (χ1n) is 7.08. The molecule has 0 amide bonds. The topological polar surface area (TPSA) is 12.0 Å². The Morgan fingerprint density at radius 2 is 1.65 bits per heavy atom. The molecule has 0 fully saturated rings. The zero-order chi connectivity index (χ0) is 13.2. The van der Waals surface area contributed by atoms with Crippen LogP contribution in [0.1, 0.15) is 27.8 Å². The minimum absolute atomic E-state index is 0. The third-order valence-electron chi connectivity index (χ3n) is 4.14. The van der Waals surface area contributed by atoms with E-state index in [1.165, 1.54) is 40.7 Å². The fraction of sp³-hybridized carbons (Fsp3) is 0.333. The fourth-order valence-electron chi connectivity index (χ4n) is 2.95. The van der Waals surface area contributed by atoms with E-state index in [0.29, 0.717) is 6.04 Å². The van der Waals surface area contributed by atoms with Gasteiger partial charge in [-0.15, -0.1) is 12.4 Å². The van der Waals surface area contributed by atoms with E-state index in [-0.39, 0.29) is 12.4 Å². The van der Waals surface area contributed by atoms with Crippen LogP contribution in [0.5, 0.6) is 0 Å². The minimum Gasteiger partial charge on any atom is -0.309 e. The van der Waals surface area contributed by atoms with Gasteiger partial charge in [0, 0.05) is 12.6 Å². The van der Waals surface area contributed by atoms with Crippen molar-refractivity contribution in [2.75, 3.05) is 0 Å². The van der Waals surface area contributed by atoms with Gasteiger partial charge in [0.25, 0.3) is 0 Å². The van der Waals surface area contributed by atoms with E-state index >= 15 is 0 Å². The maximum Gasteiger partial charge on any atom is 0.0211 e. The van der Waals surface area contributed by atoms with Gasteiger partial charge in [-0.05, 0) is 48.9 Å². The SMILES string of the molecule is Cc1ccc(C)c(CNC2Cc3ccccc3C2)c1.Cl. The summed E-state index contributed by atoms with van der Waals surface area (Å²) in [5.74, 6) is 0. The number of halogens is 1. The number of hydrogen-bond donors (Lipinski definition) is 1. The first-order valence-corrected chi connectivity index (χ1v) is 7.08. The summed E-state index contributed by atoms with van der Waals surface area (Å²) in [5, 5.41) is 3.71. The van der Waals surface area contributed by atoms with E-state index in [2.05, 4.69) is 61.6 Å². The molecule has 1 N–H and O–H groups in total. The second-order valence-corrected chi connectivity index (χ2v) is 5.68. The van der Waals surface area contributed by atoms with E-state index < -0.39 is 0 Å². The minimum atomic E-state index is 0. The summed E-state index contributed by atoms with van der Waals surface area (Å²) < 4.78 is 0. The third-order valence-corrected chi connectivity index (χ3v) is 4.14. The molecule has 0 radical (unpaired) electrons. The van der Waals surface area contributed by atoms with Crippen LogP contribution in [0.25, 0.3) is 0 Å². The van der Waals surface area contributed by atoms with Crippen molar-refractivity contribution < 1.29 is 0 Å². The number of fused-ring (bicyclic) bond motifs is 1. The highest BCUT2D eigenvalue weighted by Gasteiger charge is 2.20. The van der Waals surface area contributed by atoms with Crippen LogP contribution < -0.4 is 5.32 Å². The van der Waals surface area contributed by atoms with Crippen molar-refractivity contribution in [1.82, 2.24) is 5.32 Å². The number of benzene rings is 2. The van der Waals surface area contributed by atoms with Crippen molar-refractivity contribution in [2.24, 2.45) is 0 Å². The fourth-order valence-corrected chi connectivity index (χ4v) is 2.95. The lowest BCUT2D eigenvalue weighted by atomic mass is 10.1. The lowest BCUT2D eigenvalue weighted by molar-refractivity contribution is 0.532. The first kappa shape index (κ1) is 15.1. The molecular weight excluding hydrogens is 266 g/mol. The average molecular weight is 288 g/mol. The Morgan fingerprint density at radius 3 is 2.30 bits per heavy atom. The second kappa shape index (κ2) is 6.43. The summed E-state index contributed by atoms with van der Waals surface area (Å²) >= 11 is 0. The number of aryl methyl sites for hydroxylation is 2. The van der Waals surface area contributed by atoms with Crippen molar-refractivity contribution >= 4 is 12.4 Å². The van der Waals surface area contributed by atoms with E-state index in [0.717, 1.165) is 6.54 Å². The molecule has 3 rings (SSSR count). The van der Waals surface area contributed by atoms with Crippen LogP contribution in [-0.2, 0) is 19.4 Å². The van der Waals surface area contributed by atoms with Gasteiger partial charge in [-0.3, -0.25) is 0 Å². The van der Waals surface area contributed by atoms with Gasteiger partial charge in [0.1, 0.15) is 0 Å². The summed E-state index contributed by atoms with van der Waals surface area (Å²) in [7, 11) is 0. The quantitative estimate of drug-likeness (QED) is 0.900. The van der Waals surface area contributed by atoms with Crippen molar-refractivity contribution in [3.05, 3.63) is 70.3 Å². The largest absolute Gasteiger partial charge is 0.309 e. The summed E-state index contributed by atoms with van der Waals surface area (Å²) in [5.41, 5.74) is 7.18. The Morgan fingerprint density at radius 1 is 1.00 bits per heavy atom. The molecule has 1 aliphatic rings. The molecule has 2 heteroatoms. The summed E-state index contributed by atoms with van der Waals surface area (Å²) in [4.78, 5) is 0. The van der Waals surface area contributed by atoms with Crippen LogP contribution in [-0.4, -0.2) is 6.04 Å². The van der Waals surface area contributed by atoms with Gasteiger partial charge >= 0.3 is 0 Å². The average Bonchev–Trinajstić information content (AvgIpc) is 2.82. The zero-order valence-corrected chi connectivity index (χ0v) is 13.0. The maximum atomic E-state index is 3.71. The van der Waals surface area contributed by atoms with Gasteiger partial charge in [-0.25, -0.2) is 0 Å². The predicted octanol–water partition coefficient (Wildman–Crippen LogP) is 3.98. The summed E-state index contributed by atoms with van der Waals surface area (Å²) in [6.45, 7) is 5.33. The molecule has 0 saturated carbocycles. The Kier molecular flexibility index (Phi) is 4.85. The number of nitrogens with one attached hydrogen (secondary N) is 1. The van der Waals surface area contributed by atoms with Crippen LogP contribution in [0.4, 0.5) is 0 Å². The van der Waals surface area contributed by atoms with Gasteiger partial charge in [0.15, 0.2) is 0 Å². The molecule has 0 aromatic heterocycles. The molecule has 0 heterocycles. The van der Waals surface area contributed by atoms with Gasteiger partial charge in [-0.1, -0.05) is 48.0 Å². The molecule has 2 aromatic rings. The van der Waals surface area contributed by atoms with Crippen molar-refractivity contribution in [3.8, 4) is 0 Å². The van der Waals surface area contributed by atoms with Gasteiger partial charge in [0.2, 0.25) is 0 Å². The number of rotatable bonds is 3. The molecular formula is C18H22ClN. The van der Waals surface area contributed by atoms with E-state index in [1.54, 1.807) is 0 Å². The Balaban J connectivity index is 0.00000147. The van der Waals surface area contributed by atoms with Crippen molar-refractivity contribution in [3.63, 3.8) is 0 Å². The summed E-state index contributed by atoms with van der Waals surface area (Å²) in [6, 6.07) is 16.1. The van der Waals surface area contributed by atoms with E-state index in [1.807, 2.05) is 0 Å². The van der Waals surface area contributed by atoms with Crippen molar-refractivity contribution in [1.29, 1.82) is 0 Å². The highest BCUT2D eigenvalue weighted by atomic mass is 35.5. The van der Waals surface area contributed by atoms with Crippen LogP contribution in [0.15, 0.2) is 42.5 Å². The Labute approximate surface area is 127 Å². The molecule has 106 valence electrons. The second-order valence-electron chi connectivity index (χ2n) is 5.68. The molecule has 2 aromatic carbocycles. The predicted molar refractivity (Wildman–Crippen MR) is 87.6 cm³/mol. The lowest BCUT2D eigenvalue weighted by Crippen LogP contribution is -2.29. The molecule has 1 nitrogen and oxygen atoms in total. The molecule has 1 aliphatic carbocycles. The molecule has 0 aliphatic heterocycles. The first-order chi connectivity index (χ1) is 9.22. The van der Waals surface area contributed by atoms with Crippen molar-refractivity contribution in [2.45, 2.75) is 39.3 Å². The van der Waals surface area contributed by atoms with Gasteiger partial charge in [0.05, 0.1) is 0 Å². The highest BCUT2D eigenvalue weighted by Crippen LogP contribution is 2.22. The van der Waals surface area contributed by atoms with E-state index in [9.17, 15) is 0 Å². The van der Waals surface area contributed by atoms with Crippen LogP contribution in [0, 0.1) is 13.8 Å². The normalized spacial score (nSPS) is 13.9. The molecule has 0 unspecified atom stereocenters. The third kappa shape index (κ3) is 3.23. The monoisotopic (exact) mass is 287 g/mol. The molecule has 0 atom stereocenters. The molecule has 0 bridgehead atoms. The molecule has 0 spiro atoms. The number of hydrogen-bond acceptors (Lipinski definition) is 1. The lowest BCUT2D eigenvalue weighted by Gasteiger charge is -2.14. The van der Waals surface area contributed by atoms with Gasteiger partial charge in [-0.2, -0.15) is 0 Å². The maximum absolute atomic E-state index is 3.71. The van der Waals surface area contributed by atoms with Gasteiger partial charge < -0.3 is 5.32 Å². The Hall–Kier alpha value is -1.31. The van der Waals surface area contributed by atoms with Crippen LogP contribution in [0.3, 0.4) is 0 Å². The summed E-state index contributed by atoms with van der Waals surface area (Å²) in [6.07, 6.45) is 2.34. The smallest absolute Gasteiger partial charge is 0.0211 e. The molecule has 0 saturated heterocycles. The molecule has 20 heavy (non-hydrogen) atoms.